The number of carbonyl (C=O) groups is 1. The second-order valence-corrected chi connectivity index (χ2v) is 8.03. The number of rotatable bonds is 6. The van der Waals surface area contributed by atoms with Gasteiger partial charge in [0.15, 0.2) is 0 Å². The summed E-state index contributed by atoms with van der Waals surface area (Å²) in [5.41, 5.74) is 1.53. The van der Waals surface area contributed by atoms with Gasteiger partial charge in [0, 0.05) is 18.7 Å². The lowest BCUT2D eigenvalue weighted by Gasteiger charge is -2.27. The Morgan fingerprint density at radius 3 is 2.72 bits per heavy atom. The monoisotopic (exact) mass is 463 g/mol. The Kier molecular flexibility index (Phi) is 7.08. The van der Waals surface area contributed by atoms with Gasteiger partial charge in [-0.25, -0.2) is 4.98 Å². The zero-order valence-electron chi connectivity index (χ0n) is 17.0. The van der Waals surface area contributed by atoms with E-state index in [1.807, 2.05) is 20.8 Å². The Hall–Kier alpha value is -2.19. The third kappa shape index (κ3) is 4.87. The Morgan fingerprint density at radius 2 is 2.07 bits per heavy atom. The molecular formula is C21H26BrN3O4. The van der Waals surface area contributed by atoms with Crippen molar-refractivity contribution < 1.29 is 14.3 Å². The van der Waals surface area contributed by atoms with Crippen LogP contribution in [-0.2, 0) is 4.74 Å². The normalized spacial score (nSPS) is 14.3. The molecule has 0 saturated carbocycles. The minimum absolute atomic E-state index is 0.0589. The minimum Gasteiger partial charge on any atom is -0.493 e. The molecule has 1 aromatic heterocycles. The molecule has 1 amide bonds. The van der Waals surface area contributed by atoms with Crippen LogP contribution in [0.4, 0.5) is 0 Å². The average molecular weight is 464 g/mol. The molecule has 1 fully saturated rings. The van der Waals surface area contributed by atoms with E-state index in [9.17, 15) is 9.59 Å². The molecule has 3 rings (SSSR count). The standard InChI is InChI=1S/C21H26BrN3O4/c1-4-9-29-16-6-5-14(21(27)25-7-10-28-11-8-25)12-15(16)19-23-18(13(2)3)17(22)20(26)24-19/h5-6,12-13H,4,7-11H2,1-3H3,(H,23,24,26). The molecule has 2 aromatic rings. The van der Waals surface area contributed by atoms with Crippen molar-refractivity contribution in [2.24, 2.45) is 0 Å². The lowest BCUT2D eigenvalue weighted by Crippen LogP contribution is -2.40. The van der Waals surface area contributed by atoms with Crippen LogP contribution < -0.4 is 10.3 Å². The second kappa shape index (κ2) is 9.54. The molecule has 0 bridgehead atoms. The largest absolute Gasteiger partial charge is 0.493 e. The van der Waals surface area contributed by atoms with Gasteiger partial charge in [-0.05, 0) is 46.5 Å². The Bertz CT molecular complexity index is 936. The number of hydrogen-bond acceptors (Lipinski definition) is 5. The molecule has 0 atom stereocenters. The molecule has 1 aliphatic heterocycles. The third-order valence-corrected chi connectivity index (χ3v) is 5.44. The maximum Gasteiger partial charge on any atom is 0.265 e. The van der Waals surface area contributed by atoms with Crippen molar-refractivity contribution in [3.63, 3.8) is 0 Å². The third-order valence-electron chi connectivity index (χ3n) is 4.68. The van der Waals surface area contributed by atoms with Gasteiger partial charge in [0.25, 0.3) is 11.5 Å². The van der Waals surface area contributed by atoms with Gasteiger partial charge in [0.2, 0.25) is 0 Å². The summed E-state index contributed by atoms with van der Waals surface area (Å²) in [4.78, 5) is 34.6. The van der Waals surface area contributed by atoms with Crippen LogP contribution in [-0.4, -0.2) is 53.7 Å². The topological polar surface area (TPSA) is 84.5 Å². The number of benzene rings is 1. The fourth-order valence-corrected chi connectivity index (χ4v) is 3.77. The van der Waals surface area contributed by atoms with Gasteiger partial charge in [-0.1, -0.05) is 20.8 Å². The highest BCUT2D eigenvalue weighted by molar-refractivity contribution is 9.10. The Labute approximate surface area is 178 Å². The van der Waals surface area contributed by atoms with E-state index in [2.05, 4.69) is 25.9 Å². The van der Waals surface area contributed by atoms with Crippen LogP contribution >= 0.6 is 15.9 Å². The fraction of sp³-hybridized carbons (Fsp3) is 0.476. The maximum atomic E-state index is 12.9. The van der Waals surface area contributed by atoms with Crippen LogP contribution in [0, 0.1) is 0 Å². The molecule has 2 heterocycles. The molecule has 29 heavy (non-hydrogen) atoms. The van der Waals surface area contributed by atoms with Crippen LogP contribution in [0.5, 0.6) is 5.75 Å². The smallest absolute Gasteiger partial charge is 0.265 e. The first-order chi connectivity index (χ1) is 13.9. The molecule has 1 aromatic carbocycles. The van der Waals surface area contributed by atoms with Crippen LogP contribution in [0.25, 0.3) is 11.4 Å². The van der Waals surface area contributed by atoms with E-state index in [0.29, 0.717) is 65.8 Å². The number of ether oxygens (including phenoxy) is 2. The zero-order valence-corrected chi connectivity index (χ0v) is 18.5. The van der Waals surface area contributed by atoms with Crippen molar-refractivity contribution in [3.8, 4) is 17.1 Å². The molecule has 0 aliphatic carbocycles. The first kappa shape index (κ1) is 21.5. The Morgan fingerprint density at radius 1 is 1.34 bits per heavy atom. The molecule has 0 radical (unpaired) electrons. The number of nitrogens with one attached hydrogen (secondary N) is 1. The van der Waals surface area contributed by atoms with Crippen molar-refractivity contribution in [2.45, 2.75) is 33.1 Å². The number of H-pyrrole nitrogens is 1. The number of hydrogen-bond donors (Lipinski definition) is 1. The number of halogens is 1. The highest BCUT2D eigenvalue weighted by Crippen LogP contribution is 2.31. The van der Waals surface area contributed by atoms with Crippen LogP contribution in [0.2, 0.25) is 0 Å². The number of nitrogens with zero attached hydrogens (tertiary/aromatic N) is 2. The quantitative estimate of drug-likeness (QED) is 0.707. The predicted molar refractivity (Wildman–Crippen MR) is 115 cm³/mol. The summed E-state index contributed by atoms with van der Waals surface area (Å²) in [5.74, 6) is 0.971. The summed E-state index contributed by atoms with van der Waals surface area (Å²) in [6.45, 7) is 8.70. The molecule has 156 valence electrons. The van der Waals surface area contributed by atoms with Gasteiger partial charge >= 0.3 is 0 Å². The fourth-order valence-electron chi connectivity index (χ4n) is 3.12. The van der Waals surface area contributed by atoms with Gasteiger partial charge < -0.3 is 19.4 Å². The first-order valence-corrected chi connectivity index (χ1v) is 10.7. The molecule has 0 unspecified atom stereocenters. The number of aromatic nitrogens is 2. The number of aromatic amines is 1. The zero-order chi connectivity index (χ0) is 21.0. The van der Waals surface area contributed by atoms with Crippen LogP contribution in [0.15, 0.2) is 27.5 Å². The second-order valence-electron chi connectivity index (χ2n) is 7.23. The summed E-state index contributed by atoms with van der Waals surface area (Å²) < 4.78 is 11.6. The summed E-state index contributed by atoms with van der Waals surface area (Å²) in [6, 6.07) is 5.28. The van der Waals surface area contributed by atoms with Crippen molar-refractivity contribution in [1.82, 2.24) is 14.9 Å². The van der Waals surface area contributed by atoms with Gasteiger partial charge in [0.05, 0.1) is 31.1 Å². The summed E-state index contributed by atoms with van der Waals surface area (Å²) in [5, 5.41) is 0. The summed E-state index contributed by atoms with van der Waals surface area (Å²) in [7, 11) is 0. The SMILES string of the molecule is CCCOc1ccc(C(=O)N2CCOCC2)cc1-c1nc(C(C)C)c(Br)c(=O)[nH]1. The molecular weight excluding hydrogens is 438 g/mol. The van der Waals surface area contributed by atoms with Crippen molar-refractivity contribution in [1.29, 1.82) is 0 Å². The highest BCUT2D eigenvalue weighted by atomic mass is 79.9. The van der Waals surface area contributed by atoms with E-state index in [4.69, 9.17) is 9.47 Å². The molecule has 7 nitrogen and oxygen atoms in total. The predicted octanol–water partition coefficient (Wildman–Crippen LogP) is 3.58. The molecule has 1 saturated heterocycles. The molecule has 8 heteroatoms. The summed E-state index contributed by atoms with van der Waals surface area (Å²) >= 11 is 3.33. The van der Waals surface area contributed by atoms with E-state index in [-0.39, 0.29) is 17.4 Å². The van der Waals surface area contributed by atoms with Crippen LogP contribution in [0.1, 0.15) is 49.2 Å². The van der Waals surface area contributed by atoms with E-state index in [0.717, 1.165) is 6.42 Å². The molecule has 1 N–H and O–H groups in total. The van der Waals surface area contributed by atoms with Gasteiger partial charge in [-0.3, -0.25) is 9.59 Å². The molecule has 0 spiro atoms. The molecule has 1 aliphatic rings. The number of morpholine rings is 1. The van der Waals surface area contributed by atoms with E-state index in [1.165, 1.54) is 0 Å². The maximum absolute atomic E-state index is 12.9. The van der Waals surface area contributed by atoms with E-state index >= 15 is 0 Å². The van der Waals surface area contributed by atoms with Gasteiger partial charge in [0.1, 0.15) is 16.0 Å². The van der Waals surface area contributed by atoms with E-state index in [1.54, 1.807) is 23.1 Å². The van der Waals surface area contributed by atoms with Crippen molar-refractivity contribution in [3.05, 3.63) is 44.3 Å². The summed E-state index contributed by atoms with van der Waals surface area (Å²) in [6.07, 6.45) is 0.843. The number of amides is 1. The lowest BCUT2D eigenvalue weighted by molar-refractivity contribution is 0.0303. The Balaban J connectivity index is 2.07. The van der Waals surface area contributed by atoms with Crippen molar-refractivity contribution in [2.75, 3.05) is 32.9 Å². The lowest BCUT2D eigenvalue weighted by atomic mass is 10.1. The van der Waals surface area contributed by atoms with Crippen molar-refractivity contribution >= 4 is 21.8 Å². The van der Waals surface area contributed by atoms with Gasteiger partial charge in [-0.2, -0.15) is 0 Å². The minimum atomic E-state index is -0.259. The van der Waals surface area contributed by atoms with E-state index < -0.39 is 0 Å². The van der Waals surface area contributed by atoms with Gasteiger partial charge in [-0.15, -0.1) is 0 Å². The van der Waals surface area contributed by atoms with Crippen LogP contribution in [0.3, 0.4) is 0 Å². The average Bonchev–Trinajstić information content (AvgIpc) is 2.74. The highest BCUT2D eigenvalue weighted by Gasteiger charge is 2.22. The first-order valence-electron chi connectivity index (χ1n) is 9.86. The number of carbonyl (C=O) groups excluding carboxylic acids is 1.